The van der Waals surface area contributed by atoms with Gasteiger partial charge in [0.15, 0.2) is 0 Å². The molecule has 1 aliphatic carbocycles. The van der Waals surface area contributed by atoms with Crippen LogP contribution >= 0.6 is 0 Å². The second-order valence-corrected chi connectivity index (χ2v) is 5.27. The van der Waals surface area contributed by atoms with Gasteiger partial charge in [-0.2, -0.15) is 5.10 Å². The Bertz CT molecular complexity index is 432. The van der Waals surface area contributed by atoms with E-state index in [1.807, 2.05) is 13.0 Å². The van der Waals surface area contributed by atoms with Crippen LogP contribution in [-0.4, -0.2) is 26.8 Å². The van der Waals surface area contributed by atoms with Gasteiger partial charge in [-0.1, -0.05) is 19.8 Å². The van der Waals surface area contributed by atoms with Crippen LogP contribution < -0.4 is 5.32 Å². The lowest BCUT2D eigenvalue weighted by atomic mass is 9.76. The van der Waals surface area contributed by atoms with Crippen molar-refractivity contribution in [3.05, 3.63) is 17.8 Å². The minimum Gasteiger partial charge on any atom is -0.480 e. The van der Waals surface area contributed by atoms with Gasteiger partial charge >= 0.3 is 5.97 Å². The summed E-state index contributed by atoms with van der Waals surface area (Å²) in [5, 5.41) is 20.5. The third-order valence-electron chi connectivity index (χ3n) is 3.57. The molecule has 2 unspecified atom stereocenters. The van der Waals surface area contributed by atoms with E-state index in [0.717, 1.165) is 18.5 Å². The first-order valence-electron chi connectivity index (χ1n) is 6.34. The number of hydrogen-bond acceptors (Lipinski definition) is 4. The second kappa shape index (κ2) is 4.92. The van der Waals surface area contributed by atoms with Crippen molar-refractivity contribution >= 4 is 11.8 Å². The van der Waals surface area contributed by atoms with Crippen molar-refractivity contribution in [2.75, 3.05) is 5.32 Å². The van der Waals surface area contributed by atoms with E-state index in [0.29, 0.717) is 24.6 Å². The van der Waals surface area contributed by atoms with Gasteiger partial charge in [0.1, 0.15) is 11.4 Å². The summed E-state index contributed by atoms with van der Waals surface area (Å²) >= 11 is 0. The molecular weight excluding hydrogens is 230 g/mol. The number of rotatable bonds is 3. The Balaban J connectivity index is 2.20. The molecule has 0 aliphatic heterocycles. The summed E-state index contributed by atoms with van der Waals surface area (Å²) in [5.41, 5.74) is -0.0661. The van der Waals surface area contributed by atoms with Gasteiger partial charge in [-0.15, -0.1) is 5.10 Å². The maximum Gasteiger partial charge on any atom is 0.329 e. The van der Waals surface area contributed by atoms with Crippen LogP contribution in [-0.2, 0) is 4.79 Å². The molecule has 0 aromatic carbocycles. The molecule has 2 atom stereocenters. The van der Waals surface area contributed by atoms with Crippen molar-refractivity contribution < 1.29 is 9.90 Å². The number of aromatic nitrogens is 2. The molecule has 0 spiro atoms. The molecule has 1 aromatic heterocycles. The predicted octanol–water partition coefficient (Wildman–Crippen LogP) is 2.23. The lowest BCUT2D eigenvalue weighted by molar-refractivity contribution is -0.144. The first kappa shape index (κ1) is 12.8. The Labute approximate surface area is 107 Å². The van der Waals surface area contributed by atoms with Crippen LogP contribution in [0.15, 0.2) is 12.1 Å². The Morgan fingerprint density at radius 1 is 1.50 bits per heavy atom. The van der Waals surface area contributed by atoms with E-state index in [2.05, 4.69) is 22.4 Å². The highest BCUT2D eigenvalue weighted by Crippen LogP contribution is 2.34. The van der Waals surface area contributed by atoms with Gasteiger partial charge in [-0.3, -0.25) is 0 Å². The summed E-state index contributed by atoms with van der Waals surface area (Å²) in [6, 6.07) is 3.61. The average Bonchev–Trinajstić information content (AvgIpc) is 2.32. The van der Waals surface area contributed by atoms with Crippen LogP contribution in [0.1, 0.15) is 38.3 Å². The minimum atomic E-state index is -0.887. The van der Waals surface area contributed by atoms with E-state index in [4.69, 9.17) is 0 Å². The van der Waals surface area contributed by atoms with E-state index >= 15 is 0 Å². The van der Waals surface area contributed by atoms with Crippen LogP contribution in [0.3, 0.4) is 0 Å². The Morgan fingerprint density at radius 2 is 2.28 bits per heavy atom. The van der Waals surface area contributed by atoms with Crippen molar-refractivity contribution in [3.63, 3.8) is 0 Å². The smallest absolute Gasteiger partial charge is 0.329 e. The molecule has 5 nitrogen and oxygen atoms in total. The molecule has 1 fully saturated rings. The fourth-order valence-electron chi connectivity index (χ4n) is 2.62. The predicted molar refractivity (Wildman–Crippen MR) is 68.4 cm³/mol. The fourth-order valence-corrected chi connectivity index (χ4v) is 2.62. The monoisotopic (exact) mass is 249 g/mol. The number of aliphatic carboxylic acids is 1. The van der Waals surface area contributed by atoms with E-state index in [1.165, 1.54) is 0 Å². The molecule has 2 rings (SSSR count). The topological polar surface area (TPSA) is 75.1 Å². The number of carboxylic acids is 1. The number of anilines is 1. The third-order valence-corrected chi connectivity index (χ3v) is 3.57. The highest BCUT2D eigenvalue weighted by Gasteiger charge is 2.42. The van der Waals surface area contributed by atoms with Crippen molar-refractivity contribution in [2.45, 2.75) is 45.1 Å². The minimum absolute atomic E-state index is 0.417. The lowest BCUT2D eigenvalue weighted by Crippen LogP contribution is -2.49. The zero-order valence-corrected chi connectivity index (χ0v) is 10.8. The Morgan fingerprint density at radius 3 is 2.83 bits per heavy atom. The molecule has 1 heterocycles. The van der Waals surface area contributed by atoms with Gasteiger partial charge in [-0.25, -0.2) is 4.79 Å². The summed E-state index contributed by atoms with van der Waals surface area (Å²) in [6.45, 7) is 3.95. The number of nitrogens with one attached hydrogen (secondary N) is 1. The number of carboxylic acid groups (broad SMARTS) is 1. The molecule has 1 aliphatic rings. The van der Waals surface area contributed by atoms with Gasteiger partial charge in [-0.05, 0) is 37.8 Å². The standard InChI is InChI=1S/C13H19N3O2/c1-9-4-3-7-13(8-9,12(17)18)14-11-6-5-10(2)15-16-11/h5-6,9H,3-4,7-8H2,1-2H3,(H,14,16)(H,17,18). The zero-order valence-electron chi connectivity index (χ0n) is 10.8. The summed E-state index contributed by atoms with van der Waals surface area (Å²) in [5.74, 6) is 0.161. The van der Waals surface area contributed by atoms with Crippen molar-refractivity contribution in [1.29, 1.82) is 0 Å². The van der Waals surface area contributed by atoms with Gasteiger partial charge in [0.2, 0.25) is 0 Å². The number of nitrogens with zero attached hydrogens (tertiary/aromatic N) is 2. The molecule has 2 N–H and O–H groups in total. The molecule has 98 valence electrons. The average molecular weight is 249 g/mol. The number of aryl methyl sites for hydroxylation is 1. The normalized spacial score (nSPS) is 27.8. The molecule has 5 heteroatoms. The van der Waals surface area contributed by atoms with Crippen molar-refractivity contribution in [2.24, 2.45) is 5.92 Å². The Hall–Kier alpha value is -1.65. The van der Waals surface area contributed by atoms with Crippen LogP contribution in [0.25, 0.3) is 0 Å². The highest BCUT2D eigenvalue weighted by molar-refractivity contribution is 5.82. The molecule has 18 heavy (non-hydrogen) atoms. The zero-order chi connectivity index (χ0) is 13.2. The molecular formula is C13H19N3O2. The number of carbonyl (C=O) groups is 1. The molecule has 0 amide bonds. The molecule has 1 saturated carbocycles. The van der Waals surface area contributed by atoms with E-state index in [-0.39, 0.29) is 0 Å². The van der Waals surface area contributed by atoms with Gasteiger partial charge in [0, 0.05) is 0 Å². The summed E-state index contributed by atoms with van der Waals surface area (Å²) in [7, 11) is 0. The largest absolute Gasteiger partial charge is 0.480 e. The lowest BCUT2D eigenvalue weighted by Gasteiger charge is -2.37. The third kappa shape index (κ3) is 2.60. The van der Waals surface area contributed by atoms with Crippen molar-refractivity contribution in [3.8, 4) is 0 Å². The maximum atomic E-state index is 11.6. The first-order chi connectivity index (χ1) is 8.52. The van der Waals surface area contributed by atoms with E-state index in [1.54, 1.807) is 6.07 Å². The van der Waals surface area contributed by atoms with Gasteiger partial charge in [0.25, 0.3) is 0 Å². The van der Waals surface area contributed by atoms with E-state index < -0.39 is 11.5 Å². The van der Waals surface area contributed by atoms with Crippen LogP contribution in [0.4, 0.5) is 5.82 Å². The maximum absolute atomic E-state index is 11.6. The molecule has 0 saturated heterocycles. The second-order valence-electron chi connectivity index (χ2n) is 5.27. The fraction of sp³-hybridized carbons (Fsp3) is 0.615. The SMILES string of the molecule is Cc1ccc(NC2(C(=O)O)CCCC(C)C2)nn1. The van der Waals surface area contributed by atoms with Gasteiger partial charge in [0.05, 0.1) is 5.69 Å². The molecule has 0 radical (unpaired) electrons. The van der Waals surface area contributed by atoms with Gasteiger partial charge < -0.3 is 10.4 Å². The van der Waals surface area contributed by atoms with E-state index in [9.17, 15) is 9.90 Å². The quantitative estimate of drug-likeness (QED) is 0.859. The Kier molecular flexibility index (Phi) is 3.50. The van der Waals surface area contributed by atoms with Crippen LogP contribution in [0, 0.1) is 12.8 Å². The summed E-state index contributed by atoms with van der Waals surface area (Å²) in [4.78, 5) is 11.6. The van der Waals surface area contributed by atoms with Crippen molar-refractivity contribution in [1.82, 2.24) is 10.2 Å². The molecule has 0 bridgehead atoms. The number of hydrogen-bond donors (Lipinski definition) is 2. The first-order valence-corrected chi connectivity index (χ1v) is 6.34. The molecule has 1 aromatic rings. The van der Waals surface area contributed by atoms with Crippen LogP contribution in [0.2, 0.25) is 0 Å². The van der Waals surface area contributed by atoms with Crippen LogP contribution in [0.5, 0.6) is 0 Å². The summed E-state index contributed by atoms with van der Waals surface area (Å²) in [6.07, 6.45) is 3.30. The summed E-state index contributed by atoms with van der Waals surface area (Å²) < 4.78 is 0. The highest BCUT2D eigenvalue weighted by atomic mass is 16.4.